The molecular formula is C20H19FN2O2S. The summed E-state index contributed by atoms with van der Waals surface area (Å²) >= 11 is 0. The maximum Gasteiger partial charge on any atom is 0.208 e. The fourth-order valence-electron chi connectivity index (χ4n) is 3.52. The van der Waals surface area contributed by atoms with Gasteiger partial charge in [0.1, 0.15) is 5.82 Å². The third-order valence-electron chi connectivity index (χ3n) is 4.93. The molecule has 1 saturated heterocycles. The zero-order valence-corrected chi connectivity index (χ0v) is 15.0. The molecule has 2 heterocycles. The van der Waals surface area contributed by atoms with Crippen LogP contribution in [0.25, 0.3) is 10.9 Å². The van der Waals surface area contributed by atoms with Gasteiger partial charge in [0.2, 0.25) is 9.84 Å². The molecule has 6 heteroatoms. The molecule has 0 atom stereocenters. The van der Waals surface area contributed by atoms with Gasteiger partial charge in [-0.05, 0) is 67.7 Å². The van der Waals surface area contributed by atoms with Crippen molar-refractivity contribution in [3.63, 3.8) is 0 Å². The number of nitrogens with zero attached hydrogens (tertiary/aromatic N) is 1. The highest BCUT2D eigenvalue weighted by atomic mass is 32.2. The number of para-hydroxylation sites is 1. The van der Waals surface area contributed by atoms with Crippen LogP contribution in [-0.4, -0.2) is 26.5 Å². The lowest BCUT2D eigenvalue weighted by Crippen LogP contribution is -2.26. The van der Waals surface area contributed by atoms with Crippen LogP contribution < -0.4 is 5.32 Å². The molecule has 1 N–H and O–H groups in total. The van der Waals surface area contributed by atoms with Gasteiger partial charge in [-0.2, -0.15) is 0 Å². The molecule has 1 fully saturated rings. The topological polar surface area (TPSA) is 59.1 Å². The van der Waals surface area contributed by atoms with Gasteiger partial charge in [0.15, 0.2) is 0 Å². The molecule has 0 bridgehead atoms. The minimum absolute atomic E-state index is 0.0644. The number of halogens is 1. The van der Waals surface area contributed by atoms with Crippen molar-refractivity contribution in [2.75, 3.05) is 13.1 Å². The molecule has 3 aromatic rings. The van der Waals surface area contributed by atoms with Crippen molar-refractivity contribution in [1.82, 2.24) is 10.3 Å². The molecular weight excluding hydrogens is 351 g/mol. The lowest BCUT2D eigenvalue weighted by Gasteiger charge is -2.23. The highest BCUT2D eigenvalue weighted by molar-refractivity contribution is 7.91. The Morgan fingerprint density at radius 2 is 1.73 bits per heavy atom. The van der Waals surface area contributed by atoms with Crippen LogP contribution in [0.1, 0.15) is 24.3 Å². The van der Waals surface area contributed by atoms with Gasteiger partial charge in [0, 0.05) is 11.6 Å². The standard InChI is InChI=1S/C20H19FN2O2S/c21-16-4-6-17(7-5-16)26(24,25)18-12-15-2-1-3-19(20(15)23-13-18)14-8-10-22-11-9-14/h1-7,12-14,22H,8-11H2. The van der Waals surface area contributed by atoms with E-state index in [0.29, 0.717) is 5.92 Å². The molecule has 4 rings (SSSR count). The molecule has 4 nitrogen and oxygen atoms in total. The van der Waals surface area contributed by atoms with Gasteiger partial charge >= 0.3 is 0 Å². The number of sulfone groups is 1. The minimum atomic E-state index is -3.72. The van der Waals surface area contributed by atoms with Gasteiger partial charge < -0.3 is 5.32 Å². The quantitative estimate of drug-likeness (QED) is 0.715. The van der Waals surface area contributed by atoms with Crippen molar-refractivity contribution < 1.29 is 12.8 Å². The molecule has 2 aromatic carbocycles. The first-order valence-electron chi connectivity index (χ1n) is 8.66. The lowest BCUT2D eigenvalue weighted by molar-refractivity contribution is 0.462. The first-order chi connectivity index (χ1) is 12.6. The molecule has 1 aliphatic rings. The number of pyridine rings is 1. The highest BCUT2D eigenvalue weighted by Crippen LogP contribution is 2.32. The number of rotatable bonds is 3. The second kappa shape index (κ2) is 6.78. The summed E-state index contributed by atoms with van der Waals surface area (Å²) in [7, 11) is -3.72. The van der Waals surface area contributed by atoms with Crippen LogP contribution in [0, 0.1) is 5.82 Å². The summed E-state index contributed by atoms with van der Waals surface area (Å²) in [6.45, 7) is 1.97. The number of hydrogen-bond donors (Lipinski definition) is 1. The third kappa shape index (κ3) is 3.10. The van der Waals surface area contributed by atoms with Crippen molar-refractivity contribution in [2.45, 2.75) is 28.6 Å². The first kappa shape index (κ1) is 17.1. The summed E-state index contributed by atoms with van der Waals surface area (Å²) in [5.41, 5.74) is 2.03. The fourth-order valence-corrected chi connectivity index (χ4v) is 4.76. The Bertz CT molecular complexity index is 1040. The summed E-state index contributed by atoms with van der Waals surface area (Å²) in [5.74, 6) is -0.0285. The van der Waals surface area contributed by atoms with E-state index in [2.05, 4.69) is 16.4 Å². The molecule has 0 unspecified atom stereocenters. The SMILES string of the molecule is O=S(=O)(c1ccc(F)cc1)c1cnc2c(C3CCNCC3)cccc2c1. The summed E-state index contributed by atoms with van der Waals surface area (Å²) in [6, 6.07) is 12.4. The number of benzene rings is 2. The Kier molecular flexibility index (Phi) is 4.46. The molecule has 0 aliphatic carbocycles. The molecule has 1 aromatic heterocycles. The Labute approximate surface area is 152 Å². The number of nitrogens with one attached hydrogen (secondary N) is 1. The largest absolute Gasteiger partial charge is 0.317 e. The molecule has 0 saturated carbocycles. The summed E-state index contributed by atoms with van der Waals surface area (Å²) in [5, 5.41) is 4.17. The van der Waals surface area contributed by atoms with Crippen molar-refractivity contribution in [3.05, 3.63) is 66.1 Å². The monoisotopic (exact) mass is 370 g/mol. The lowest BCUT2D eigenvalue weighted by atomic mass is 9.89. The van der Waals surface area contributed by atoms with Gasteiger partial charge in [-0.15, -0.1) is 0 Å². The third-order valence-corrected chi connectivity index (χ3v) is 6.67. The van der Waals surface area contributed by atoms with E-state index in [4.69, 9.17) is 0 Å². The normalized spacial score (nSPS) is 16.0. The summed E-state index contributed by atoms with van der Waals surface area (Å²) in [6.07, 6.45) is 3.51. The summed E-state index contributed by atoms with van der Waals surface area (Å²) in [4.78, 5) is 4.68. The second-order valence-electron chi connectivity index (χ2n) is 6.57. The van der Waals surface area contributed by atoms with Crippen LogP contribution >= 0.6 is 0 Å². The molecule has 26 heavy (non-hydrogen) atoms. The van der Waals surface area contributed by atoms with E-state index in [9.17, 15) is 12.8 Å². The molecule has 134 valence electrons. The van der Waals surface area contributed by atoms with Gasteiger partial charge in [-0.3, -0.25) is 4.98 Å². The minimum Gasteiger partial charge on any atom is -0.317 e. The molecule has 0 spiro atoms. The molecule has 0 radical (unpaired) electrons. The van der Waals surface area contributed by atoms with Crippen LogP contribution in [0.5, 0.6) is 0 Å². The van der Waals surface area contributed by atoms with E-state index in [1.165, 1.54) is 23.9 Å². The van der Waals surface area contributed by atoms with E-state index in [0.717, 1.165) is 49.0 Å². The second-order valence-corrected chi connectivity index (χ2v) is 8.52. The van der Waals surface area contributed by atoms with Gasteiger partial charge in [0.05, 0.1) is 15.3 Å². The van der Waals surface area contributed by atoms with Crippen molar-refractivity contribution in [1.29, 1.82) is 0 Å². The number of piperidine rings is 1. The van der Waals surface area contributed by atoms with E-state index >= 15 is 0 Å². The Morgan fingerprint density at radius 1 is 1.00 bits per heavy atom. The van der Waals surface area contributed by atoms with E-state index < -0.39 is 15.7 Å². The van der Waals surface area contributed by atoms with Crippen LogP contribution in [-0.2, 0) is 9.84 Å². The fraction of sp³-hybridized carbons (Fsp3) is 0.250. The van der Waals surface area contributed by atoms with Crippen LogP contribution in [0.2, 0.25) is 0 Å². The van der Waals surface area contributed by atoms with Gasteiger partial charge in [0.25, 0.3) is 0 Å². The van der Waals surface area contributed by atoms with Gasteiger partial charge in [-0.25, -0.2) is 12.8 Å². The van der Waals surface area contributed by atoms with Gasteiger partial charge in [-0.1, -0.05) is 18.2 Å². The average molecular weight is 370 g/mol. The predicted molar refractivity (Wildman–Crippen MR) is 98.4 cm³/mol. The van der Waals surface area contributed by atoms with Crippen molar-refractivity contribution in [2.24, 2.45) is 0 Å². The van der Waals surface area contributed by atoms with Crippen molar-refractivity contribution in [3.8, 4) is 0 Å². The maximum absolute atomic E-state index is 13.1. The van der Waals surface area contributed by atoms with Crippen LogP contribution in [0.15, 0.2) is 64.5 Å². The smallest absolute Gasteiger partial charge is 0.208 e. The van der Waals surface area contributed by atoms with Crippen LogP contribution in [0.4, 0.5) is 4.39 Å². The average Bonchev–Trinajstić information content (AvgIpc) is 2.68. The van der Waals surface area contributed by atoms with E-state index in [-0.39, 0.29) is 9.79 Å². The Morgan fingerprint density at radius 3 is 2.46 bits per heavy atom. The van der Waals surface area contributed by atoms with E-state index in [1.54, 1.807) is 6.07 Å². The molecule has 0 amide bonds. The Balaban J connectivity index is 1.77. The number of fused-ring (bicyclic) bond motifs is 1. The van der Waals surface area contributed by atoms with Crippen LogP contribution in [0.3, 0.4) is 0 Å². The number of hydrogen-bond acceptors (Lipinski definition) is 4. The first-order valence-corrected chi connectivity index (χ1v) is 10.1. The predicted octanol–water partition coefficient (Wildman–Crippen LogP) is 3.67. The zero-order chi connectivity index (χ0) is 18.1. The van der Waals surface area contributed by atoms with E-state index in [1.807, 2.05) is 12.1 Å². The number of aromatic nitrogens is 1. The Hall–Kier alpha value is -2.31. The summed E-state index contributed by atoms with van der Waals surface area (Å²) < 4.78 is 38.7. The maximum atomic E-state index is 13.1. The zero-order valence-electron chi connectivity index (χ0n) is 14.2. The highest BCUT2D eigenvalue weighted by Gasteiger charge is 2.21. The molecule has 1 aliphatic heterocycles. The van der Waals surface area contributed by atoms with Crippen molar-refractivity contribution >= 4 is 20.7 Å².